The monoisotopic (exact) mass is 477 g/mol. The van der Waals surface area contributed by atoms with Crippen molar-refractivity contribution >= 4 is 33.4 Å². The third-order valence-corrected chi connectivity index (χ3v) is 8.11. The lowest BCUT2D eigenvalue weighted by Crippen LogP contribution is -2.33. The first kappa shape index (κ1) is 21.3. The summed E-state index contributed by atoms with van der Waals surface area (Å²) in [6, 6.07) is 16.1. The number of aryl methyl sites for hydroxylation is 1. The molecule has 0 bridgehead atoms. The molecule has 0 radical (unpaired) electrons. The van der Waals surface area contributed by atoms with Gasteiger partial charge in [0.1, 0.15) is 0 Å². The highest BCUT2D eigenvalue weighted by molar-refractivity contribution is 7.89. The van der Waals surface area contributed by atoms with Gasteiger partial charge in [-0.25, -0.2) is 9.78 Å². The minimum Gasteiger partial charge on any atom is -0.476 e. The molecule has 1 N–H and O–H groups in total. The third-order valence-electron chi connectivity index (χ3n) is 5.90. The van der Waals surface area contributed by atoms with Crippen molar-refractivity contribution in [3.8, 4) is 0 Å². The largest absolute Gasteiger partial charge is 0.476 e. The van der Waals surface area contributed by atoms with Crippen molar-refractivity contribution in [2.75, 3.05) is 0 Å². The van der Waals surface area contributed by atoms with Crippen LogP contribution in [0, 0.1) is 6.92 Å². The molecule has 9 heteroatoms. The number of allylic oxidation sites excluding steroid dienone is 1. The first-order valence-electron chi connectivity index (χ1n) is 10.1. The van der Waals surface area contributed by atoms with E-state index in [1.165, 1.54) is 23.5 Å². The van der Waals surface area contributed by atoms with Crippen molar-refractivity contribution in [3.63, 3.8) is 0 Å². The summed E-state index contributed by atoms with van der Waals surface area (Å²) in [4.78, 5) is 16.5. The molecular formula is C24H19N3O4S2. The lowest BCUT2D eigenvalue weighted by molar-refractivity contribution is 0.0690. The molecule has 5 rings (SSSR count). The number of nitrogens with zero attached hydrogens (tertiary/aromatic N) is 3. The molecule has 2 aromatic heterocycles. The molecule has 1 unspecified atom stereocenters. The van der Waals surface area contributed by atoms with Crippen LogP contribution in [0.3, 0.4) is 0 Å². The van der Waals surface area contributed by atoms with Gasteiger partial charge in [0, 0.05) is 17.4 Å². The van der Waals surface area contributed by atoms with Gasteiger partial charge in [-0.2, -0.15) is 12.5 Å². The molecule has 1 aliphatic rings. The number of hydrogen-bond acceptors (Lipinski definition) is 6. The van der Waals surface area contributed by atoms with Crippen LogP contribution in [-0.4, -0.2) is 33.7 Å². The lowest BCUT2D eigenvalue weighted by atomic mass is 9.71. The van der Waals surface area contributed by atoms with Crippen LogP contribution < -0.4 is 0 Å². The summed E-state index contributed by atoms with van der Waals surface area (Å²) in [6.07, 6.45) is 3.75. The van der Waals surface area contributed by atoms with E-state index in [1.54, 1.807) is 23.7 Å². The summed E-state index contributed by atoms with van der Waals surface area (Å²) in [5, 5.41) is 15.7. The van der Waals surface area contributed by atoms with E-state index >= 15 is 0 Å². The Kier molecular flexibility index (Phi) is 5.02. The Morgan fingerprint density at radius 2 is 1.85 bits per heavy atom. The lowest BCUT2D eigenvalue weighted by Gasteiger charge is -2.33. The molecular weight excluding hydrogens is 458 g/mol. The van der Waals surface area contributed by atoms with Gasteiger partial charge in [-0.15, -0.1) is 16.4 Å². The van der Waals surface area contributed by atoms with E-state index in [0.717, 1.165) is 20.9 Å². The maximum Gasteiger partial charge on any atom is 0.357 e. The molecule has 0 aliphatic heterocycles. The van der Waals surface area contributed by atoms with Crippen molar-refractivity contribution in [2.24, 2.45) is 0 Å². The number of fused-ring (bicyclic) bond motifs is 1. The van der Waals surface area contributed by atoms with Crippen LogP contribution in [0.2, 0.25) is 0 Å². The topological polar surface area (TPSA) is 102 Å². The van der Waals surface area contributed by atoms with Crippen molar-refractivity contribution in [2.45, 2.75) is 23.7 Å². The number of carboxylic acid groups (broad SMARTS) is 1. The van der Waals surface area contributed by atoms with Crippen LogP contribution >= 0.6 is 11.3 Å². The third kappa shape index (κ3) is 3.40. The minimum absolute atomic E-state index is 0.0452. The van der Waals surface area contributed by atoms with Crippen LogP contribution in [0.25, 0.3) is 6.08 Å². The van der Waals surface area contributed by atoms with Crippen LogP contribution in [0.4, 0.5) is 0 Å². The summed E-state index contributed by atoms with van der Waals surface area (Å²) < 4.78 is 28.0. The zero-order valence-electron chi connectivity index (χ0n) is 17.5. The maximum atomic E-state index is 13.6. The summed E-state index contributed by atoms with van der Waals surface area (Å²) in [7, 11) is -4.12. The molecule has 0 amide bonds. The number of hydrogen-bond donors (Lipinski definition) is 1. The minimum atomic E-state index is -4.12. The van der Waals surface area contributed by atoms with E-state index in [4.69, 9.17) is 0 Å². The number of carboxylic acids is 1. The Bertz CT molecular complexity index is 1470. The van der Waals surface area contributed by atoms with Crippen LogP contribution in [0.15, 0.2) is 76.5 Å². The standard InChI is InChI=1S/C24H19N3O4S2/c1-16-7-9-18(10-8-16)33(30,31)27-20-13-24(21-14-32-15-25-21,17-5-3-2-4-6-17)12-11-19(20)22(26-27)23(28)29/h2-12,14-15H,13H2,1H3,(H,28,29). The highest BCUT2D eigenvalue weighted by atomic mass is 32.2. The molecule has 0 saturated heterocycles. The molecule has 166 valence electrons. The first-order valence-corrected chi connectivity index (χ1v) is 12.5. The van der Waals surface area contributed by atoms with Gasteiger partial charge in [-0.3, -0.25) is 0 Å². The Balaban J connectivity index is 1.75. The van der Waals surface area contributed by atoms with Crippen LogP contribution in [0.5, 0.6) is 0 Å². The zero-order chi connectivity index (χ0) is 23.2. The Morgan fingerprint density at radius 3 is 2.48 bits per heavy atom. The molecule has 33 heavy (non-hydrogen) atoms. The molecule has 0 saturated carbocycles. The second kappa shape index (κ2) is 7.79. The van der Waals surface area contributed by atoms with Gasteiger partial charge in [0.05, 0.1) is 27.2 Å². The number of carbonyl (C=O) groups is 1. The molecule has 2 heterocycles. The molecule has 1 atom stereocenters. The van der Waals surface area contributed by atoms with Crippen molar-refractivity contribution in [3.05, 3.63) is 105 Å². The van der Waals surface area contributed by atoms with Gasteiger partial charge in [0.15, 0.2) is 5.69 Å². The van der Waals surface area contributed by atoms with E-state index in [1.807, 2.05) is 48.7 Å². The fraction of sp³-hybridized carbons (Fsp3) is 0.125. The highest BCUT2D eigenvalue weighted by Crippen LogP contribution is 2.42. The van der Waals surface area contributed by atoms with Crippen molar-refractivity contribution in [1.82, 2.24) is 14.2 Å². The second-order valence-corrected chi connectivity index (χ2v) is 10.4. The summed E-state index contributed by atoms with van der Waals surface area (Å²) >= 11 is 1.45. The first-order chi connectivity index (χ1) is 15.8. The van der Waals surface area contributed by atoms with Crippen LogP contribution in [-0.2, 0) is 21.9 Å². The number of rotatable bonds is 5. The molecule has 7 nitrogen and oxygen atoms in total. The SMILES string of the molecule is Cc1ccc(S(=O)(=O)n2nc(C(=O)O)c3c2CC(c2ccccc2)(c2cscn2)C=C3)cc1. The van der Waals surface area contributed by atoms with Gasteiger partial charge in [-0.05, 0) is 24.6 Å². The Morgan fingerprint density at radius 1 is 1.12 bits per heavy atom. The highest BCUT2D eigenvalue weighted by Gasteiger charge is 2.41. The van der Waals surface area contributed by atoms with Gasteiger partial charge in [-0.1, -0.05) is 60.2 Å². The number of benzene rings is 2. The summed E-state index contributed by atoms with van der Waals surface area (Å²) in [5.41, 5.74) is 3.88. The number of aromatic carboxylic acids is 1. The Hall–Kier alpha value is -3.56. The molecule has 2 aromatic carbocycles. The predicted molar refractivity (Wildman–Crippen MR) is 125 cm³/mol. The quantitative estimate of drug-likeness (QED) is 0.464. The second-order valence-electron chi connectivity index (χ2n) is 7.90. The van der Waals surface area contributed by atoms with Crippen molar-refractivity contribution < 1.29 is 18.3 Å². The van der Waals surface area contributed by atoms with E-state index in [2.05, 4.69) is 10.1 Å². The van der Waals surface area contributed by atoms with Gasteiger partial charge in [0.2, 0.25) is 0 Å². The van der Waals surface area contributed by atoms with Crippen molar-refractivity contribution in [1.29, 1.82) is 0 Å². The molecule has 4 aromatic rings. The van der Waals surface area contributed by atoms with E-state index in [9.17, 15) is 18.3 Å². The van der Waals surface area contributed by atoms with Gasteiger partial charge < -0.3 is 5.11 Å². The van der Waals surface area contributed by atoms with Crippen LogP contribution in [0.1, 0.15) is 38.6 Å². The number of aromatic nitrogens is 3. The number of thiazole rings is 1. The molecule has 0 spiro atoms. The average molecular weight is 478 g/mol. The van der Waals surface area contributed by atoms with E-state index < -0.39 is 21.4 Å². The van der Waals surface area contributed by atoms with Gasteiger partial charge in [0.25, 0.3) is 10.0 Å². The predicted octanol–water partition coefficient (Wildman–Crippen LogP) is 4.14. The zero-order valence-corrected chi connectivity index (χ0v) is 19.2. The average Bonchev–Trinajstić information content (AvgIpc) is 3.48. The normalized spacial score (nSPS) is 17.6. The fourth-order valence-corrected chi connectivity index (χ4v) is 6.15. The molecule has 1 aliphatic carbocycles. The molecule has 0 fully saturated rings. The van der Waals surface area contributed by atoms with E-state index in [-0.39, 0.29) is 17.0 Å². The van der Waals surface area contributed by atoms with Gasteiger partial charge >= 0.3 is 5.97 Å². The Labute approximate surface area is 194 Å². The fourth-order valence-electron chi connectivity index (χ4n) is 4.19. The summed E-state index contributed by atoms with van der Waals surface area (Å²) in [5.74, 6) is -1.28. The maximum absolute atomic E-state index is 13.6. The smallest absolute Gasteiger partial charge is 0.357 e. The summed E-state index contributed by atoms with van der Waals surface area (Å²) in [6.45, 7) is 1.86. The van der Waals surface area contributed by atoms with E-state index in [0.29, 0.717) is 11.3 Å².